The fraction of sp³-hybridized carbons (Fsp3) is 0.286. The van der Waals surface area contributed by atoms with Crippen molar-refractivity contribution in [2.45, 2.75) is 30.6 Å². The third kappa shape index (κ3) is 6.36. The molecule has 1 heterocycles. The number of hydrogen-bond donors (Lipinski definition) is 2. The number of piperidine rings is 1. The molecule has 9 heteroatoms. The van der Waals surface area contributed by atoms with Gasteiger partial charge in [0.25, 0.3) is 11.8 Å². The van der Waals surface area contributed by atoms with Gasteiger partial charge in [-0.1, -0.05) is 48.9 Å². The van der Waals surface area contributed by atoms with Crippen molar-refractivity contribution in [1.29, 1.82) is 0 Å². The van der Waals surface area contributed by atoms with Gasteiger partial charge in [-0.3, -0.25) is 9.59 Å². The summed E-state index contributed by atoms with van der Waals surface area (Å²) in [6.45, 7) is 1.36. The van der Waals surface area contributed by atoms with Crippen molar-refractivity contribution < 1.29 is 22.7 Å². The fourth-order valence-electron chi connectivity index (χ4n) is 4.32. The van der Waals surface area contributed by atoms with Gasteiger partial charge < -0.3 is 15.4 Å². The number of nitrogens with one attached hydrogen (secondary N) is 2. The predicted octanol–water partition coefficient (Wildman–Crippen LogP) is 4.09. The quantitative estimate of drug-likeness (QED) is 0.441. The number of para-hydroxylation sites is 1. The van der Waals surface area contributed by atoms with Gasteiger partial charge in [0, 0.05) is 19.6 Å². The molecule has 0 radical (unpaired) electrons. The third-order valence-corrected chi connectivity index (χ3v) is 8.22. The lowest BCUT2D eigenvalue weighted by atomic mass is 10.1. The second-order valence-electron chi connectivity index (χ2n) is 8.82. The van der Waals surface area contributed by atoms with Gasteiger partial charge in [0.05, 0.1) is 28.8 Å². The Morgan fingerprint density at radius 3 is 2.30 bits per heavy atom. The summed E-state index contributed by atoms with van der Waals surface area (Å²) in [5.41, 5.74) is 1.80. The molecule has 3 aromatic rings. The molecular formula is C28H31N3O5S. The number of amides is 2. The highest BCUT2D eigenvalue weighted by molar-refractivity contribution is 7.89. The highest BCUT2D eigenvalue weighted by Gasteiger charge is 2.28. The first-order valence-electron chi connectivity index (χ1n) is 12.3. The maximum Gasteiger partial charge on any atom is 0.259 e. The van der Waals surface area contributed by atoms with Gasteiger partial charge in [0.15, 0.2) is 0 Å². The van der Waals surface area contributed by atoms with Crippen molar-refractivity contribution in [3.05, 3.63) is 89.5 Å². The van der Waals surface area contributed by atoms with E-state index in [2.05, 4.69) is 10.6 Å². The first-order chi connectivity index (χ1) is 17.9. The number of ether oxygens (including phenoxy) is 1. The molecule has 194 valence electrons. The molecule has 0 aliphatic carbocycles. The molecule has 4 rings (SSSR count). The van der Waals surface area contributed by atoms with Crippen LogP contribution in [0.15, 0.2) is 77.7 Å². The number of carbonyl (C=O) groups is 2. The molecule has 2 amide bonds. The molecule has 0 bridgehead atoms. The van der Waals surface area contributed by atoms with Gasteiger partial charge >= 0.3 is 0 Å². The Kier molecular flexibility index (Phi) is 8.58. The molecule has 8 nitrogen and oxygen atoms in total. The molecule has 1 saturated heterocycles. The molecule has 0 unspecified atom stereocenters. The monoisotopic (exact) mass is 521 g/mol. The van der Waals surface area contributed by atoms with Crippen LogP contribution >= 0.6 is 0 Å². The lowest BCUT2D eigenvalue weighted by molar-refractivity contribution is 0.0955. The topological polar surface area (TPSA) is 105 Å². The minimum Gasteiger partial charge on any atom is -0.496 e. The van der Waals surface area contributed by atoms with E-state index in [9.17, 15) is 18.0 Å². The van der Waals surface area contributed by atoms with E-state index in [1.165, 1.54) is 29.6 Å². The lowest BCUT2D eigenvalue weighted by Gasteiger charge is -2.26. The molecule has 2 N–H and O–H groups in total. The van der Waals surface area contributed by atoms with Crippen LogP contribution in [0.25, 0.3) is 0 Å². The molecule has 37 heavy (non-hydrogen) atoms. The smallest absolute Gasteiger partial charge is 0.259 e. The van der Waals surface area contributed by atoms with E-state index in [0.29, 0.717) is 37.3 Å². The summed E-state index contributed by atoms with van der Waals surface area (Å²) >= 11 is 0. The van der Waals surface area contributed by atoms with E-state index in [0.717, 1.165) is 24.8 Å². The molecule has 3 aromatic carbocycles. The summed E-state index contributed by atoms with van der Waals surface area (Å²) in [6.07, 6.45) is 3.30. The zero-order chi connectivity index (χ0) is 26.3. The zero-order valence-corrected chi connectivity index (χ0v) is 21.6. The first-order valence-corrected chi connectivity index (χ1v) is 13.7. The fourth-order valence-corrected chi connectivity index (χ4v) is 5.86. The van der Waals surface area contributed by atoms with Crippen molar-refractivity contribution in [2.24, 2.45) is 0 Å². The van der Waals surface area contributed by atoms with Gasteiger partial charge in [-0.15, -0.1) is 0 Å². The van der Waals surface area contributed by atoms with Gasteiger partial charge in [-0.05, 0) is 55.2 Å². The van der Waals surface area contributed by atoms with Crippen LogP contribution in [0.3, 0.4) is 0 Å². The van der Waals surface area contributed by atoms with Crippen LogP contribution in [0.5, 0.6) is 5.75 Å². The average molecular weight is 522 g/mol. The van der Waals surface area contributed by atoms with Crippen LogP contribution in [0, 0.1) is 0 Å². The predicted molar refractivity (Wildman–Crippen MR) is 142 cm³/mol. The van der Waals surface area contributed by atoms with E-state index < -0.39 is 15.9 Å². The van der Waals surface area contributed by atoms with Crippen LogP contribution in [0.2, 0.25) is 0 Å². The standard InChI is InChI=1S/C28H31N3O5S/c1-36-26-15-14-22(37(34,35)31-18-8-3-9-19-31)20-24(26)28(33)30-25-13-7-6-12-23(25)27(32)29-17-16-21-10-4-2-5-11-21/h2,4-7,10-15,20H,3,8-9,16-19H2,1H3,(H,29,32)(H,30,33). The molecule has 1 aliphatic heterocycles. The molecule has 1 aliphatic rings. The van der Waals surface area contributed by atoms with Gasteiger partial charge in [-0.2, -0.15) is 4.31 Å². The van der Waals surface area contributed by atoms with Gasteiger partial charge in [-0.25, -0.2) is 8.42 Å². The highest BCUT2D eigenvalue weighted by Crippen LogP contribution is 2.27. The van der Waals surface area contributed by atoms with Crippen LogP contribution in [0.1, 0.15) is 45.5 Å². The van der Waals surface area contributed by atoms with Crippen molar-refractivity contribution in [3.8, 4) is 5.75 Å². The van der Waals surface area contributed by atoms with E-state index >= 15 is 0 Å². The summed E-state index contributed by atoms with van der Waals surface area (Å²) in [6, 6.07) is 20.8. The summed E-state index contributed by atoms with van der Waals surface area (Å²) in [4.78, 5) is 26.2. The molecule has 0 aromatic heterocycles. The molecule has 1 fully saturated rings. The van der Waals surface area contributed by atoms with E-state index in [4.69, 9.17) is 4.74 Å². The van der Waals surface area contributed by atoms with Crippen LogP contribution in [-0.2, 0) is 16.4 Å². The van der Waals surface area contributed by atoms with Gasteiger partial charge in [0.1, 0.15) is 5.75 Å². The molecule has 0 atom stereocenters. The lowest BCUT2D eigenvalue weighted by Crippen LogP contribution is -2.35. The number of nitrogens with zero attached hydrogens (tertiary/aromatic N) is 1. The number of benzene rings is 3. The Balaban J connectivity index is 1.51. The number of carbonyl (C=O) groups excluding carboxylic acids is 2. The number of sulfonamides is 1. The first kappa shape index (κ1) is 26.4. The summed E-state index contributed by atoms with van der Waals surface area (Å²) < 4.78 is 33.1. The van der Waals surface area contributed by atoms with Crippen LogP contribution in [-0.4, -0.2) is 51.3 Å². The normalized spacial score (nSPS) is 14.1. The second-order valence-corrected chi connectivity index (χ2v) is 10.8. The second kappa shape index (κ2) is 12.0. The Labute approximate surface area is 217 Å². The zero-order valence-electron chi connectivity index (χ0n) is 20.8. The minimum absolute atomic E-state index is 0.0345. The van der Waals surface area contributed by atoms with Crippen molar-refractivity contribution in [3.63, 3.8) is 0 Å². The van der Waals surface area contributed by atoms with E-state index in [-0.39, 0.29) is 22.1 Å². The maximum atomic E-state index is 13.3. The average Bonchev–Trinajstić information content (AvgIpc) is 2.94. The highest BCUT2D eigenvalue weighted by atomic mass is 32.2. The molecule has 0 saturated carbocycles. The molecule has 0 spiro atoms. The Bertz CT molecular complexity index is 1350. The number of hydrogen-bond acceptors (Lipinski definition) is 5. The number of anilines is 1. The molecular weight excluding hydrogens is 490 g/mol. The Morgan fingerprint density at radius 2 is 1.57 bits per heavy atom. The summed E-state index contributed by atoms with van der Waals surface area (Å²) in [7, 11) is -2.32. The number of methoxy groups -OCH3 is 1. The summed E-state index contributed by atoms with van der Waals surface area (Å²) in [5.74, 6) is -0.655. The minimum atomic E-state index is -3.74. The van der Waals surface area contributed by atoms with Crippen molar-refractivity contribution in [2.75, 3.05) is 32.1 Å². The third-order valence-electron chi connectivity index (χ3n) is 6.33. The van der Waals surface area contributed by atoms with Crippen molar-refractivity contribution >= 4 is 27.5 Å². The van der Waals surface area contributed by atoms with E-state index in [1.54, 1.807) is 24.3 Å². The SMILES string of the molecule is COc1ccc(S(=O)(=O)N2CCCCC2)cc1C(=O)Nc1ccccc1C(=O)NCCc1ccccc1. The van der Waals surface area contributed by atoms with Crippen molar-refractivity contribution in [1.82, 2.24) is 9.62 Å². The largest absolute Gasteiger partial charge is 0.496 e. The van der Waals surface area contributed by atoms with E-state index in [1.807, 2.05) is 30.3 Å². The summed E-state index contributed by atoms with van der Waals surface area (Å²) in [5, 5.41) is 5.65. The van der Waals surface area contributed by atoms with Crippen LogP contribution in [0.4, 0.5) is 5.69 Å². The van der Waals surface area contributed by atoms with Crippen LogP contribution < -0.4 is 15.4 Å². The maximum absolute atomic E-state index is 13.3. The Morgan fingerprint density at radius 1 is 0.865 bits per heavy atom. The van der Waals surface area contributed by atoms with Gasteiger partial charge in [0.2, 0.25) is 10.0 Å². The number of rotatable bonds is 9. The Hall–Kier alpha value is -3.69.